The Morgan fingerprint density at radius 1 is 1.28 bits per heavy atom. The quantitative estimate of drug-likeness (QED) is 0.621. The molecular formula is C20H24F2N4O2S. The minimum atomic E-state index is -2.88. The summed E-state index contributed by atoms with van der Waals surface area (Å²) >= 11 is 1.37. The van der Waals surface area contributed by atoms with Gasteiger partial charge in [0, 0.05) is 6.04 Å². The molecule has 1 atom stereocenters. The van der Waals surface area contributed by atoms with Crippen molar-refractivity contribution in [2.24, 2.45) is 0 Å². The van der Waals surface area contributed by atoms with Crippen molar-refractivity contribution in [2.45, 2.75) is 57.7 Å². The number of benzene rings is 1. The molecule has 1 aromatic carbocycles. The van der Waals surface area contributed by atoms with Crippen molar-refractivity contribution >= 4 is 16.3 Å². The molecule has 0 radical (unpaired) electrons. The molecule has 0 aliphatic heterocycles. The lowest BCUT2D eigenvalue weighted by Gasteiger charge is -2.37. The van der Waals surface area contributed by atoms with Crippen molar-refractivity contribution in [1.82, 2.24) is 19.5 Å². The summed E-state index contributed by atoms with van der Waals surface area (Å²) in [7, 11) is 2.03. The van der Waals surface area contributed by atoms with E-state index >= 15 is 0 Å². The smallest absolute Gasteiger partial charge is 0.387 e. The summed E-state index contributed by atoms with van der Waals surface area (Å²) in [5, 5.41) is 15.2. The standard InChI is InChI=1S/C20H24F2N4O2S/c1-12-23-20-26(24-12)18(27)17(29-20)16(25(2)14-8-4-3-5-9-14)13-7-6-10-15(11-13)28-19(21)22/h6-7,10-11,14,16,19,27H,3-5,8-9H2,1-2H3. The van der Waals surface area contributed by atoms with E-state index in [0.29, 0.717) is 21.7 Å². The Labute approximate surface area is 171 Å². The van der Waals surface area contributed by atoms with Gasteiger partial charge in [-0.2, -0.15) is 13.3 Å². The fourth-order valence-electron chi connectivity index (χ4n) is 4.16. The molecule has 29 heavy (non-hydrogen) atoms. The summed E-state index contributed by atoms with van der Waals surface area (Å²) in [6.45, 7) is -1.11. The van der Waals surface area contributed by atoms with E-state index < -0.39 is 6.61 Å². The Hall–Kier alpha value is -2.26. The van der Waals surface area contributed by atoms with Crippen molar-refractivity contribution in [3.63, 3.8) is 0 Å². The number of rotatable bonds is 6. The molecule has 4 rings (SSSR count). The molecule has 0 amide bonds. The van der Waals surface area contributed by atoms with E-state index in [2.05, 4.69) is 19.7 Å². The second-order valence-electron chi connectivity index (χ2n) is 7.45. The molecule has 1 aliphatic rings. The molecule has 0 spiro atoms. The van der Waals surface area contributed by atoms with Crippen LogP contribution in [0.25, 0.3) is 4.96 Å². The van der Waals surface area contributed by atoms with Gasteiger partial charge in [-0.05, 0) is 44.5 Å². The van der Waals surface area contributed by atoms with Crippen molar-refractivity contribution < 1.29 is 18.6 Å². The Bertz CT molecular complexity index is 984. The van der Waals surface area contributed by atoms with Crippen LogP contribution in [0.4, 0.5) is 8.78 Å². The average molecular weight is 423 g/mol. The highest BCUT2D eigenvalue weighted by atomic mass is 32.1. The molecule has 1 saturated carbocycles. The maximum Gasteiger partial charge on any atom is 0.387 e. The van der Waals surface area contributed by atoms with Crippen LogP contribution in [0, 0.1) is 6.92 Å². The minimum Gasteiger partial charge on any atom is -0.492 e. The third kappa shape index (κ3) is 4.06. The van der Waals surface area contributed by atoms with Gasteiger partial charge >= 0.3 is 6.61 Å². The fourth-order valence-corrected chi connectivity index (χ4v) is 5.34. The summed E-state index contributed by atoms with van der Waals surface area (Å²) in [6.07, 6.45) is 5.70. The van der Waals surface area contributed by atoms with Gasteiger partial charge in [0.1, 0.15) is 11.6 Å². The van der Waals surface area contributed by atoms with Crippen molar-refractivity contribution in [2.75, 3.05) is 7.05 Å². The van der Waals surface area contributed by atoms with Crippen LogP contribution in [-0.2, 0) is 0 Å². The van der Waals surface area contributed by atoms with Crippen LogP contribution in [0.15, 0.2) is 24.3 Å². The fraction of sp³-hybridized carbons (Fsp3) is 0.500. The van der Waals surface area contributed by atoms with E-state index in [1.807, 2.05) is 13.1 Å². The van der Waals surface area contributed by atoms with Gasteiger partial charge in [-0.3, -0.25) is 4.90 Å². The lowest BCUT2D eigenvalue weighted by Crippen LogP contribution is -2.36. The SMILES string of the molecule is Cc1nc2sc(C(c3cccc(OC(F)F)c3)N(C)C3CCCCC3)c(O)n2n1. The number of hydrogen-bond acceptors (Lipinski definition) is 6. The van der Waals surface area contributed by atoms with Gasteiger partial charge in [0.15, 0.2) is 0 Å². The number of aryl methyl sites for hydroxylation is 1. The second kappa shape index (κ2) is 8.23. The van der Waals surface area contributed by atoms with Crippen LogP contribution in [0.3, 0.4) is 0 Å². The van der Waals surface area contributed by atoms with Gasteiger partial charge in [-0.25, -0.2) is 4.98 Å². The topological polar surface area (TPSA) is 62.9 Å². The minimum absolute atomic E-state index is 0.0402. The predicted octanol–water partition coefficient (Wildman–Crippen LogP) is 4.76. The Morgan fingerprint density at radius 3 is 2.72 bits per heavy atom. The third-order valence-corrected chi connectivity index (χ3v) is 6.58. The van der Waals surface area contributed by atoms with Crippen LogP contribution < -0.4 is 4.74 Å². The molecule has 1 unspecified atom stereocenters. The summed E-state index contributed by atoms with van der Waals surface area (Å²) < 4.78 is 31.5. The number of ether oxygens (including phenoxy) is 1. The highest BCUT2D eigenvalue weighted by molar-refractivity contribution is 7.17. The Kier molecular flexibility index (Phi) is 5.69. The Morgan fingerprint density at radius 2 is 2.03 bits per heavy atom. The van der Waals surface area contributed by atoms with Crippen molar-refractivity contribution in [3.8, 4) is 11.6 Å². The number of nitrogens with zero attached hydrogens (tertiary/aromatic N) is 4. The first-order chi connectivity index (χ1) is 13.9. The summed E-state index contributed by atoms with van der Waals surface area (Å²) in [6, 6.07) is 6.75. The van der Waals surface area contributed by atoms with Crippen LogP contribution in [-0.4, -0.2) is 44.3 Å². The van der Waals surface area contributed by atoms with Gasteiger partial charge in [0.05, 0.1) is 10.9 Å². The number of alkyl halides is 2. The molecule has 3 aromatic rings. The number of halogens is 2. The maximum atomic E-state index is 12.7. The number of thiazole rings is 1. The molecule has 9 heteroatoms. The van der Waals surface area contributed by atoms with Gasteiger partial charge in [-0.1, -0.05) is 42.7 Å². The molecule has 2 aromatic heterocycles. The number of aromatic hydroxyl groups is 1. The zero-order chi connectivity index (χ0) is 20.5. The maximum absolute atomic E-state index is 12.7. The molecular weight excluding hydrogens is 398 g/mol. The van der Waals surface area contributed by atoms with Gasteiger partial charge in [0.2, 0.25) is 10.8 Å². The predicted molar refractivity (Wildman–Crippen MR) is 107 cm³/mol. The van der Waals surface area contributed by atoms with E-state index in [1.54, 1.807) is 19.1 Å². The molecule has 1 aliphatic carbocycles. The molecule has 2 heterocycles. The normalized spacial score (nSPS) is 16.8. The number of aromatic nitrogens is 3. The van der Waals surface area contributed by atoms with Crippen LogP contribution in [0.1, 0.15) is 54.4 Å². The third-order valence-electron chi connectivity index (χ3n) is 5.51. The van der Waals surface area contributed by atoms with E-state index in [9.17, 15) is 13.9 Å². The van der Waals surface area contributed by atoms with Gasteiger partial charge < -0.3 is 9.84 Å². The van der Waals surface area contributed by atoms with Crippen molar-refractivity contribution in [3.05, 3.63) is 40.5 Å². The van der Waals surface area contributed by atoms with Crippen molar-refractivity contribution in [1.29, 1.82) is 0 Å². The Balaban J connectivity index is 1.78. The number of hydrogen-bond donors (Lipinski definition) is 1. The summed E-state index contributed by atoms with van der Waals surface area (Å²) in [4.78, 5) is 7.91. The molecule has 0 saturated heterocycles. The lowest BCUT2D eigenvalue weighted by molar-refractivity contribution is -0.0499. The lowest BCUT2D eigenvalue weighted by atomic mass is 9.92. The van der Waals surface area contributed by atoms with E-state index in [1.165, 1.54) is 28.3 Å². The summed E-state index contributed by atoms with van der Waals surface area (Å²) in [5.74, 6) is 0.732. The van der Waals surface area contributed by atoms with Crippen LogP contribution >= 0.6 is 11.3 Å². The van der Waals surface area contributed by atoms with Gasteiger partial charge in [0.25, 0.3) is 0 Å². The molecule has 1 fully saturated rings. The van der Waals surface area contributed by atoms with Gasteiger partial charge in [-0.15, -0.1) is 5.10 Å². The molecule has 0 bridgehead atoms. The summed E-state index contributed by atoms with van der Waals surface area (Å²) in [5.41, 5.74) is 0.785. The molecule has 6 nitrogen and oxygen atoms in total. The van der Waals surface area contributed by atoms with Crippen LogP contribution in [0.2, 0.25) is 0 Å². The first-order valence-corrected chi connectivity index (χ1v) is 10.6. The first kappa shape index (κ1) is 20.0. The van der Waals surface area contributed by atoms with E-state index in [0.717, 1.165) is 31.2 Å². The van der Waals surface area contributed by atoms with Crippen LogP contribution in [0.5, 0.6) is 11.6 Å². The largest absolute Gasteiger partial charge is 0.492 e. The second-order valence-corrected chi connectivity index (χ2v) is 8.46. The molecule has 156 valence electrons. The van der Waals surface area contributed by atoms with E-state index in [4.69, 9.17) is 0 Å². The zero-order valence-electron chi connectivity index (χ0n) is 16.4. The molecule has 1 N–H and O–H groups in total. The highest BCUT2D eigenvalue weighted by Crippen LogP contribution is 2.42. The first-order valence-electron chi connectivity index (χ1n) is 9.75. The highest BCUT2D eigenvalue weighted by Gasteiger charge is 2.32. The number of fused-ring (bicyclic) bond motifs is 1. The average Bonchev–Trinajstić information content (AvgIpc) is 3.20. The monoisotopic (exact) mass is 422 g/mol. The zero-order valence-corrected chi connectivity index (χ0v) is 17.2. The van der Waals surface area contributed by atoms with E-state index in [-0.39, 0.29) is 17.7 Å².